The van der Waals surface area contributed by atoms with Crippen LogP contribution in [0.3, 0.4) is 0 Å². The second kappa shape index (κ2) is 6.12. The predicted octanol–water partition coefficient (Wildman–Crippen LogP) is 2.83. The molecule has 3 rings (SSSR count). The van der Waals surface area contributed by atoms with Gasteiger partial charge in [0, 0.05) is 20.0 Å². The number of ether oxygens (including phenoxy) is 3. The molecule has 2 aromatic rings. The van der Waals surface area contributed by atoms with Crippen LogP contribution in [0.2, 0.25) is 0 Å². The van der Waals surface area contributed by atoms with Crippen molar-refractivity contribution in [3.63, 3.8) is 0 Å². The lowest BCUT2D eigenvalue weighted by atomic mass is 10.2. The number of rotatable bonds is 4. The fraction of sp³-hybridized carbons (Fsp3) is 0.312. The van der Waals surface area contributed by atoms with Crippen molar-refractivity contribution in [3.05, 3.63) is 30.0 Å². The molecule has 1 aromatic carbocycles. The largest absolute Gasteiger partial charge is 0.494 e. The average Bonchev–Trinajstić information content (AvgIpc) is 2.87. The van der Waals surface area contributed by atoms with E-state index in [1.165, 1.54) is 31.4 Å². The van der Waals surface area contributed by atoms with Gasteiger partial charge < -0.3 is 19.5 Å². The molecule has 0 spiro atoms. The van der Waals surface area contributed by atoms with Crippen LogP contribution in [0.25, 0.3) is 10.2 Å². The Kier molecular flexibility index (Phi) is 4.15. The molecule has 1 aliphatic heterocycles. The Morgan fingerprint density at radius 1 is 1.29 bits per heavy atom. The quantitative estimate of drug-likeness (QED) is 0.516. The minimum Gasteiger partial charge on any atom is -0.494 e. The third-order valence-corrected chi connectivity index (χ3v) is 4.08. The van der Waals surface area contributed by atoms with Crippen molar-refractivity contribution in [1.82, 2.24) is 4.98 Å². The number of hydrogen-bond donors (Lipinski definition) is 1. The maximum absolute atomic E-state index is 11.9. The molecule has 1 aliphatic rings. The second-order valence-corrected chi connectivity index (χ2v) is 6.49. The lowest BCUT2D eigenvalue weighted by Gasteiger charge is -2.29. The number of fused-ring (bicyclic) bond motifs is 1. The Morgan fingerprint density at radius 2 is 2.00 bits per heavy atom. The Bertz CT molecular complexity index is 818. The summed E-state index contributed by atoms with van der Waals surface area (Å²) in [6, 6.07) is 5.58. The molecule has 0 atom stereocenters. The van der Waals surface area contributed by atoms with E-state index in [0.29, 0.717) is 11.7 Å². The number of esters is 2. The molecule has 0 unspecified atom stereocenters. The number of benzene rings is 1. The molecule has 7 nitrogen and oxygen atoms in total. The highest BCUT2D eigenvalue weighted by Crippen LogP contribution is 2.30. The van der Waals surface area contributed by atoms with Gasteiger partial charge in [-0.1, -0.05) is 11.3 Å². The van der Waals surface area contributed by atoms with Gasteiger partial charge in [0.25, 0.3) is 5.79 Å². The van der Waals surface area contributed by atoms with E-state index < -0.39 is 17.7 Å². The molecule has 24 heavy (non-hydrogen) atoms. The minimum atomic E-state index is -1.25. The van der Waals surface area contributed by atoms with Gasteiger partial charge in [0.1, 0.15) is 5.75 Å². The van der Waals surface area contributed by atoms with Gasteiger partial charge >= 0.3 is 11.9 Å². The van der Waals surface area contributed by atoms with E-state index in [4.69, 9.17) is 14.2 Å². The van der Waals surface area contributed by atoms with Crippen LogP contribution in [0.1, 0.15) is 20.8 Å². The molecule has 126 valence electrons. The standard InChI is InChI=1S/C16H16N2O5S/c1-4-21-9-5-6-11-12(7-9)24-15(18-11)17-8-10-13(19)22-16(2,3)23-14(10)20/h5-8H,4H2,1-3H3,(H,17,18). The molecule has 0 aliphatic carbocycles. The van der Waals surface area contributed by atoms with Crippen LogP contribution in [0.4, 0.5) is 5.13 Å². The normalized spacial score (nSPS) is 16.5. The predicted molar refractivity (Wildman–Crippen MR) is 88.8 cm³/mol. The summed E-state index contributed by atoms with van der Waals surface area (Å²) in [5.74, 6) is -1.95. The number of anilines is 1. The van der Waals surface area contributed by atoms with Crippen LogP contribution in [-0.4, -0.2) is 29.3 Å². The van der Waals surface area contributed by atoms with Gasteiger partial charge in [-0.3, -0.25) is 0 Å². The van der Waals surface area contributed by atoms with E-state index >= 15 is 0 Å². The zero-order valence-corrected chi connectivity index (χ0v) is 14.2. The summed E-state index contributed by atoms with van der Waals surface area (Å²) in [6.45, 7) is 5.49. The minimum absolute atomic E-state index is 0.205. The number of nitrogens with zero attached hydrogens (tertiary/aromatic N) is 1. The second-order valence-electron chi connectivity index (χ2n) is 5.46. The summed E-state index contributed by atoms with van der Waals surface area (Å²) in [4.78, 5) is 28.1. The molecule has 1 fully saturated rings. The van der Waals surface area contributed by atoms with Crippen LogP contribution in [-0.2, 0) is 19.1 Å². The lowest BCUT2D eigenvalue weighted by molar-refractivity contribution is -0.222. The molecular formula is C16H16N2O5S. The first-order chi connectivity index (χ1) is 11.4. The van der Waals surface area contributed by atoms with Crippen molar-refractivity contribution < 1.29 is 23.8 Å². The third-order valence-electron chi connectivity index (χ3n) is 3.13. The molecule has 0 saturated carbocycles. The van der Waals surface area contributed by atoms with Crippen LogP contribution < -0.4 is 10.1 Å². The number of hydrogen-bond acceptors (Lipinski definition) is 8. The Hall–Kier alpha value is -2.61. The molecule has 0 amide bonds. The van der Waals surface area contributed by atoms with Gasteiger partial charge in [-0.25, -0.2) is 14.6 Å². The third kappa shape index (κ3) is 3.33. The molecular weight excluding hydrogens is 332 g/mol. The van der Waals surface area contributed by atoms with E-state index in [0.717, 1.165) is 16.0 Å². The highest BCUT2D eigenvalue weighted by Gasteiger charge is 2.38. The van der Waals surface area contributed by atoms with Crippen LogP contribution in [0.5, 0.6) is 5.75 Å². The monoisotopic (exact) mass is 348 g/mol. The van der Waals surface area contributed by atoms with Crippen LogP contribution in [0.15, 0.2) is 30.0 Å². The van der Waals surface area contributed by atoms with Gasteiger partial charge in [-0.05, 0) is 25.1 Å². The van der Waals surface area contributed by atoms with E-state index in [9.17, 15) is 9.59 Å². The number of nitrogens with one attached hydrogen (secondary N) is 1. The van der Waals surface area contributed by atoms with Crippen molar-refractivity contribution in [2.24, 2.45) is 0 Å². The molecule has 2 heterocycles. The Balaban J connectivity index is 1.80. The Labute approximate surface area is 142 Å². The van der Waals surface area contributed by atoms with Crippen molar-refractivity contribution >= 4 is 38.6 Å². The molecule has 8 heteroatoms. The number of aromatic nitrogens is 1. The summed E-state index contributed by atoms with van der Waals surface area (Å²) in [7, 11) is 0. The van der Waals surface area contributed by atoms with Gasteiger partial charge in [-0.2, -0.15) is 0 Å². The molecule has 0 radical (unpaired) electrons. The molecule has 1 N–H and O–H groups in total. The molecule has 1 saturated heterocycles. The number of carbonyl (C=O) groups is 2. The van der Waals surface area contributed by atoms with Crippen molar-refractivity contribution in [1.29, 1.82) is 0 Å². The number of thiazole rings is 1. The SMILES string of the molecule is CCOc1ccc2nc(NC=C3C(=O)OC(C)(C)OC3=O)sc2c1. The number of cyclic esters (lactones) is 2. The van der Waals surface area contributed by atoms with E-state index in [1.807, 2.05) is 25.1 Å². The Morgan fingerprint density at radius 3 is 2.67 bits per heavy atom. The average molecular weight is 348 g/mol. The van der Waals surface area contributed by atoms with Gasteiger partial charge in [-0.15, -0.1) is 0 Å². The summed E-state index contributed by atoms with van der Waals surface area (Å²) in [6.07, 6.45) is 1.25. The van der Waals surface area contributed by atoms with Crippen molar-refractivity contribution in [3.8, 4) is 5.75 Å². The first kappa shape index (κ1) is 16.3. The summed E-state index contributed by atoms with van der Waals surface area (Å²) in [5, 5.41) is 3.38. The fourth-order valence-electron chi connectivity index (χ4n) is 2.14. The van der Waals surface area contributed by atoms with Gasteiger partial charge in [0.2, 0.25) is 0 Å². The zero-order chi connectivity index (χ0) is 17.3. The first-order valence-electron chi connectivity index (χ1n) is 7.35. The number of carbonyl (C=O) groups excluding carboxylic acids is 2. The van der Waals surface area contributed by atoms with E-state index in [2.05, 4.69) is 10.3 Å². The van der Waals surface area contributed by atoms with Gasteiger partial charge in [0.15, 0.2) is 10.7 Å². The molecule has 0 bridgehead atoms. The maximum atomic E-state index is 11.9. The highest BCUT2D eigenvalue weighted by molar-refractivity contribution is 7.22. The van der Waals surface area contributed by atoms with E-state index in [-0.39, 0.29) is 5.57 Å². The lowest BCUT2D eigenvalue weighted by Crippen LogP contribution is -2.42. The van der Waals surface area contributed by atoms with E-state index in [1.54, 1.807) is 0 Å². The smallest absolute Gasteiger partial charge is 0.350 e. The molecule has 1 aromatic heterocycles. The van der Waals surface area contributed by atoms with Crippen LogP contribution in [0, 0.1) is 0 Å². The summed E-state index contributed by atoms with van der Waals surface area (Å²) in [5.41, 5.74) is 0.586. The summed E-state index contributed by atoms with van der Waals surface area (Å²) >= 11 is 1.38. The topological polar surface area (TPSA) is 86.8 Å². The van der Waals surface area contributed by atoms with Crippen molar-refractivity contribution in [2.45, 2.75) is 26.6 Å². The zero-order valence-electron chi connectivity index (χ0n) is 13.4. The highest BCUT2D eigenvalue weighted by atomic mass is 32.1. The maximum Gasteiger partial charge on any atom is 0.350 e. The summed E-state index contributed by atoms with van der Waals surface area (Å²) < 4.78 is 16.4. The van der Waals surface area contributed by atoms with Crippen molar-refractivity contribution in [2.75, 3.05) is 11.9 Å². The van der Waals surface area contributed by atoms with Crippen LogP contribution >= 0.6 is 11.3 Å². The first-order valence-corrected chi connectivity index (χ1v) is 8.16. The van der Waals surface area contributed by atoms with Gasteiger partial charge in [0.05, 0.1) is 16.8 Å². The fourth-order valence-corrected chi connectivity index (χ4v) is 3.00.